The highest BCUT2D eigenvalue weighted by Crippen LogP contribution is 2.20. The number of rotatable bonds is 9. The molecule has 0 fully saturated rings. The third-order valence-electron chi connectivity index (χ3n) is 4.74. The van der Waals surface area contributed by atoms with Gasteiger partial charge in [-0.15, -0.1) is 0 Å². The SMILES string of the molecule is CCOc1ccc2[nH]c(=O)c(CN(CCOC)C(=O)Nc3cccc(OC)c3)cc2c1. The van der Waals surface area contributed by atoms with Crippen molar-refractivity contribution in [2.45, 2.75) is 13.5 Å². The summed E-state index contributed by atoms with van der Waals surface area (Å²) in [6.45, 7) is 3.26. The number of carbonyl (C=O) groups is 1. The van der Waals surface area contributed by atoms with E-state index >= 15 is 0 Å². The lowest BCUT2D eigenvalue weighted by molar-refractivity contribution is 0.152. The zero-order valence-electron chi connectivity index (χ0n) is 17.9. The molecule has 2 amide bonds. The van der Waals surface area contributed by atoms with Gasteiger partial charge in [-0.3, -0.25) is 4.79 Å². The smallest absolute Gasteiger partial charge is 0.322 e. The van der Waals surface area contributed by atoms with Crippen molar-refractivity contribution in [3.8, 4) is 11.5 Å². The van der Waals surface area contributed by atoms with Crippen LogP contribution in [-0.4, -0.2) is 49.9 Å². The predicted octanol–water partition coefficient (Wildman–Crippen LogP) is 3.62. The third-order valence-corrected chi connectivity index (χ3v) is 4.74. The minimum atomic E-state index is -0.340. The van der Waals surface area contributed by atoms with Gasteiger partial charge in [0.05, 0.1) is 26.9 Å². The zero-order valence-corrected chi connectivity index (χ0v) is 17.9. The Hall–Kier alpha value is -3.52. The van der Waals surface area contributed by atoms with Crippen LogP contribution in [0.5, 0.6) is 11.5 Å². The van der Waals surface area contributed by atoms with Gasteiger partial charge in [0.2, 0.25) is 0 Å². The molecule has 1 heterocycles. The van der Waals surface area contributed by atoms with E-state index in [1.54, 1.807) is 44.6 Å². The highest BCUT2D eigenvalue weighted by molar-refractivity contribution is 5.89. The molecule has 0 unspecified atom stereocenters. The number of carbonyl (C=O) groups excluding carboxylic acids is 1. The molecule has 8 heteroatoms. The molecule has 1 aromatic heterocycles. The number of ether oxygens (including phenoxy) is 3. The maximum Gasteiger partial charge on any atom is 0.322 e. The molecule has 0 spiro atoms. The van der Waals surface area contributed by atoms with E-state index in [9.17, 15) is 9.59 Å². The van der Waals surface area contributed by atoms with Crippen molar-refractivity contribution in [1.82, 2.24) is 9.88 Å². The molecule has 2 aromatic carbocycles. The van der Waals surface area contributed by atoms with Crippen LogP contribution in [-0.2, 0) is 11.3 Å². The summed E-state index contributed by atoms with van der Waals surface area (Å²) in [7, 11) is 3.13. The molecule has 2 N–H and O–H groups in total. The lowest BCUT2D eigenvalue weighted by atomic mass is 10.1. The Bertz CT molecular complexity index is 1100. The van der Waals surface area contributed by atoms with Gasteiger partial charge in [0.15, 0.2) is 0 Å². The lowest BCUT2D eigenvalue weighted by Crippen LogP contribution is -2.38. The molecule has 3 aromatic rings. The van der Waals surface area contributed by atoms with Gasteiger partial charge in [0.25, 0.3) is 5.56 Å². The van der Waals surface area contributed by atoms with Crippen LogP contribution in [0, 0.1) is 0 Å². The number of nitrogens with zero attached hydrogens (tertiary/aromatic N) is 1. The van der Waals surface area contributed by atoms with E-state index in [1.807, 2.05) is 25.1 Å². The van der Waals surface area contributed by atoms with Crippen LogP contribution in [0.4, 0.5) is 10.5 Å². The molecular formula is C23H27N3O5. The number of amides is 2. The van der Waals surface area contributed by atoms with E-state index in [2.05, 4.69) is 10.3 Å². The number of hydrogen-bond acceptors (Lipinski definition) is 5. The Labute approximate surface area is 180 Å². The first kappa shape index (κ1) is 22.2. The number of H-pyrrole nitrogens is 1. The minimum absolute atomic E-state index is 0.128. The highest BCUT2D eigenvalue weighted by Gasteiger charge is 2.17. The summed E-state index contributed by atoms with van der Waals surface area (Å²) in [4.78, 5) is 30.0. The van der Waals surface area contributed by atoms with E-state index in [1.165, 1.54) is 4.90 Å². The van der Waals surface area contributed by atoms with Crippen LogP contribution in [0.15, 0.2) is 53.3 Å². The number of methoxy groups -OCH3 is 2. The standard InChI is InChI=1S/C23H27N3O5/c1-4-31-20-8-9-21-16(13-20)12-17(22(27)25-21)15-26(10-11-29-2)23(28)24-18-6-5-7-19(14-18)30-3/h5-9,12-14H,4,10-11,15H2,1-3H3,(H,24,28)(H,25,27). The number of aromatic amines is 1. The maximum absolute atomic E-state index is 12.9. The summed E-state index contributed by atoms with van der Waals surface area (Å²) in [5.41, 5.74) is 1.54. The summed E-state index contributed by atoms with van der Waals surface area (Å²) in [5, 5.41) is 3.68. The van der Waals surface area contributed by atoms with E-state index in [4.69, 9.17) is 14.2 Å². The number of urea groups is 1. The summed E-state index contributed by atoms with van der Waals surface area (Å²) in [6.07, 6.45) is 0. The van der Waals surface area contributed by atoms with Gasteiger partial charge in [-0.2, -0.15) is 0 Å². The second kappa shape index (κ2) is 10.5. The van der Waals surface area contributed by atoms with E-state index in [-0.39, 0.29) is 18.1 Å². The Morgan fingerprint density at radius 3 is 2.68 bits per heavy atom. The number of benzene rings is 2. The molecule has 0 aliphatic heterocycles. The summed E-state index contributed by atoms with van der Waals surface area (Å²) >= 11 is 0. The fourth-order valence-electron chi connectivity index (χ4n) is 3.17. The number of aromatic nitrogens is 1. The van der Waals surface area contributed by atoms with Gasteiger partial charge in [-0.05, 0) is 43.3 Å². The predicted molar refractivity (Wildman–Crippen MR) is 120 cm³/mol. The minimum Gasteiger partial charge on any atom is -0.497 e. The normalized spacial score (nSPS) is 10.7. The Morgan fingerprint density at radius 2 is 1.94 bits per heavy atom. The van der Waals surface area contributed by atoms with Crippen molar-refractivity contribution in [2.75, 3.05) is 39.3 Å². The van der Waals surface area contributed by atoms with Gasteiger partial charge in [0.1, 0.15) is 11.5 Å². The van der Waals surface area contributed by atoms with Crippen molar-refractivity contribution in [3.63, 3.8) is 0 Å². The second-order valence-electron chi connectivity index (χ2n) is 6.88. The van der Waals surface area contributed by atoms with Crippen LogP contribution >= 0.6 is 0 Å². The van der Waals surface area contributed by atoms with Crippen LogP contribution in [0.1, 0.15) is 12.5 Å². The van der Waals surface area contributed by atoms with Crippen LogP contribution in [0.2, 0.25) is 0 Å². The first-order valence-corrected chi connectivity index (χ1v) is 10.0. The molecule has 0 radical (unpaired) electrons. The van der Waals surface area contributed by atoms with Crippen molar-refractivity contribution in [2.24, 2.45) is 0 Å². The van der Waals surface area contributed by atoms with Crippen LogP contribution in [0.25, 0.3) is 10.9 Å². The molecule has 0 aliphatic carbocycles. The monoisotopic (exact) mass is 425 g/mol. The fourth-order valence-corrected chi connectivity index (χ4v) is 3.17. The number of fused-ring (bicyclic) bond motifs is 1. The van der Waals surface area contributed by atoms with Crippen LogP contribution < -0.4 is 20.3 Å². The Balaban J connectivity index is 1.85. The molecule has 8 nitrogen and oxygen atoms in total. The average molecular weight is 425 g/mol. The summed E-state index contributed by atoms with van der Waals surface area (Å²) in [6, 6.07) is 14.0. The number of nitrogens with one attached hydrogen (secondary N) is 2. The highest BCUT2D eigenvalue weighted by atomic mass is 16.5. The number of anilines is 1. The third kappa shape index (κ3) is 5.76. The molecule has 0 atom stereocenters. The first-order valence-electron chi connectivity index (χ1n) is 10.0. The van der Waals surface area contributed by atoms with Crippen molar-refractivity contribution < 1.29 is 19.0 Å². The molecular weight excluding hydrogens is 398 g/mol. The lowest BCUT2D eigenvalue weighted by Gasteiger charge is -2.23. The molecule has 164 valence electrons. The Morgan fingerprint density at radius 1 is 1.10 bits per heavy atom. The summed E-state index contributed by atoms with van der Waals surface area (Å²) in [5.74, 6) is 1.36. The molecule has 0 bridgehead atoms. The van der Waals surface area contributed by atoms with E-state index < -0.39 is 0 Å². The quantitative estimate of drug-likeness (QED) is 0.546. The Kier molecular flexibility index (Phi) is 7.50. The largest absolute Gasteiger partial charge is 0.497 e. The molecule has 31 heavy (non-hydrogen) atoms. The van der Waals surface area contributed by atoms with Crippen molar-refractivity contribution in [1.29, 1.82) is 0 Å². The topological polar surface area (TPSA) is 92.9 Å². The number of pyridine rings is 1. The first-order chi connectivity index (χ1) is 15.0. The number of hydrogen-bond donors (Lipinski definition) is 2. The van der Waals surface area contributed by atoms with E-state index in [0.29, 0.717) is 42.3 Å². The van der Waals surface area contributed by atoms with Gasteiger partial charge in [0, 0.05) is 41.9 Å². The van der Waals surface area contributed by atoms with Crippen LogP contribution in [0.3, 0.4) is 0 Å². The second-order valence-corrected chi connectivity index (χ2v) is 6.88. The average Bonchev–Trinajstić information content (AvgIpc) is 2.77. The van der Waals surface area contributed by atoms with Crippen molar-refractivity contribution in [3.05, 3.63) is 64.4 Å². The fraction of sp³-hybridized carbons (Fsp3) is 0.304. The van der Waals surface area contributed by atoms with E-state index in [0.717, 1.165) is 11.1 Å². The molecule has 0 saturated heterocycles. The maximum atomic E-state index is 12.9. The van der Waals surface area contributed by atoms with Gasteiger partial charge < -0.3 is 29.4 Å². The molecule has 0 saturated carbocycles. The zero-order chi connectivity index (χ0) is 22.2. The molecule has 0 aliphatic rings. The van der Waals surface area contributed by atoms with Crippen molar-refractivity contribution >= 4 is 22.6 Å². The van der Waals surface area contributed by atoms with Gasteiger partial charge in [-0.25, -0.2) is 4.79 Å². The summed E-state index contributed by atoms with van der Waals surface area (Å²) < 4.78 is 15.9. The van der Waals surface area contributed by atoms with Gasteiger partial charge >= 0.3 is 6.03 Å². The molecule has 3 rings (SSSR count). The van der Waals surface area contributed by atoms with Gasteiger partial charge in [-0.1, -0.05) is 6.07 Å².